The van der Waals surface area contributed by atoms with Gasteiger partial charge in [0.05, 0.1) is 12.6 Å². The number of hydrogen-bond donors (Lipinski definition) is 1. The van der Waals surface area contributed by atoms with E-state index < -0.39 is 0 Å². The molecule has 0 saturated carbocycles. The zero-order valence-electron chi connectivity index (χ0n) is 24.7. The summed E-state index contributed by atoms with van der Waals surface area (Å²) in [6, 6.07) is 25.0. The highest BCUT2D eigenvalue weighted by molar-refractivity contribution is 6.03. The molecule has 2 aliphatic heterocycles. The lowest BCUT2D eigenvalue weighted by Gasteiger charge is -2.44. The minimum atomic E-state index is -0.181. The van der Waals surface area contributed by atoms with Crippen molar-refractivity contribution in [2.24, 2.45) is 0 Å². The Bertz CT molecular complexity index is 1410. The second-order valence-corrected chi connectivity index (χ2v) is 11.4. The van der Waals surface area contributed by atoms with Crippen LogP contribution in [-0.4, -0.2) is 67.0 Å². The molecule has 0 spiro atoms. The number of fused-ring (bicyclic) bond motifs is 2. The van der Waals surface area contributed by atoms with E-state index in [9.17, 15) is 9.59 Å². The number of amides is 2. The van der Waals surface area contributed by atoms with Gasteiger partial charge >= 0.3 is 0 Å². The molecule has 3 aromatic rings. The molecular weight excluding hydrogens is 510 g/mol. The number of nitrogens with one attached hydrogen (secondary N) is 1. The summed E-state index contributed by atoms with van der Waals surface area (Å²) < 4.78 is 6.00. The second kappa shape index (κ2) is 12.7. The highest BCUT2D eigenvalue weighted by Crippen LogP contribution is 2.34. The first-order valence-corrected chi connectivity index (χ1v) is 14.6. The average Bonchev–Trinajstić information content (AvgIpc) is 2.98. The number of aryl methyl sites for hydroxylation is 2. The smallest absolute Gasteiger partial charge is 0.251 e. The first-order chi connectivity index (χ1) is 19.8. The van der Waals surface area contributed by atoms with Crippen molar-refractivity contribution in [3.8, 4) is 5.75 Å². The van der Waals surface area contributed by atoms with Gasteiger partial charge in [0.2, 0.25) is 5.91 Å². The zero-order chi connectivity index (χ0) is 28.9. The molecule has 6 heteroatoms. The van der Waals surface area contributed by atoms with E-state index in [0.29, 0.717) is 32.7 Å². The van der Waals surface area contributed by atoms with E-state index in [-0.39, 0.29) is 23.9 Å². The molecule has 2 amide bonds. The molecule has 1 fully saturated rings. The fraction of sp³-hybridized carbons (Fsp3) is 0.371. The van der Waals surface area contributed by atoms with Crippen molar-refractivity contribution < 1.29 is 14.3 Å². The number of likely N-dealkylation sites (N-methyl/N-ethyl adjacent to an activating group) is 1. The SMILES string of the molecule is CC(=O)N1CC2CC(c3ccc(CCOc4ccc(C)c(C)c4)cc3)=C(C(=O)N(C)CCc3ccccc3)C(C1)N2. The molecule has 0 radical (unpaired) electrons. The van der Waals surface area contributed by atoms with Crippen LogP contribution < -0.4 is 10.1 Å². The molecule has 6 nitrogen and oxygen atoms in total. The Kier molecular flexibility index (Phi) is 8.89. The van der Waals surface area contributed by atoms with Gasteiger partial charge in [0.15, 0.2) is 0 Å². The van der Waals surface area contributed by atoms with Gasteiger partial charge < -0.3 is 19.9 Å². The molecule has 214 valence electrons. The molecule has 2 aliphatic rings. The fourth-order valence-corrected chi connectivity index (χ4v) is 5.84. The summed E-state index contributed by atoms with van der Waals surface area (Å²) in [6.07, 6.45) is 2.31. The third kappa shape index (κ3) is 6.88. The molecule has 41 heavy (non-hydrogen) atoms. The monoisotopic (exact) mass is 551 g/mol. The highest BCUT2D eigenvalue weighted by atomic mass is 16.5. The number of piperazine rings is 1. The Hall–Kier alpha value is -3.90. The number of ether oxygens (including phenoxy) is 1. The maximum atomic E-state index is 14.0. The van der Waals surface area contributed by atoms with E-state index in [0.717, 1.165) is 35.3 Å². The fourth-order valence-electron chi connectivity index (χ4n) is 5.84. The van der Waals surface area contributed by atoms with Crippen LogP contribution in [0, 0.1) is 13.8 Å². The predicted octanol–water partition coefficient (Wildman–Crippen LogP) is 4.97. The van der Waals surface area contributed by atoms with Crippen LogP contribution >= 0.6 is 0 Å². The lowest BCUT2D eigenvalue weighted by atomic mass is 9.82. The molecule has 5 rings (SSSR count). The van der Waals surface area contributed by atoms with Crippen LogP contribution in [-0.2, 0) is 22.4 Å². The van der Waals surface area contributed by atoms with Crippen LogP contribution in [0.4, 0.5) is 0 Å². The summed E-state index contributed by atoms with van der Waals surface area (Å²) in [6.45, 7) is 8.23. The molecule has 2 heterocycles. The normalized spacial score (nSPS) is 18.3. The van der Waals surface area contributed by atoms with E-state index in [1.54, 1.807) is 6.92 Å². The molecule has 1 saturated heterocycles. The summed E-state index contributed by atoms with van der Waals surface area (Å²) in [5.41, 5.74) is 7.86. The van der Waals surface area contributed by atoms with Gasteiger partial charge in [0.1, 0.15) is 5.75 Å². The van der Waals surface area contributed by atoms with Gasteiger partial charge in [-0.15, -0.1) is 0 Å². The Morgan fingerprint density at radius 2 is 1.66 bits per heavy atom. The Morgan fingerprint density at radius 3 is 2.37 bits per heavy atom. The van der Waals surface area contributed by atoms with E-state index in [4.69, 9.17) is 4.74 Å². The maximum absolute atomic E-state index is 14.0. The molecule has 2 bridgehead atoms. The highest BCUT2D eigenvalue weighted by Gasteiger charge is 2.39. The van der Waals surface area contributed by atoms with Gasteiger partial charge in [-0.3, -0.25) is 9.59 Å². The molecule has 2 unspecified atom stereocenters. The van der Waals surface area contributed by atoms with Crippen LogP contribution in [0.3, 0.4) is 0 Å². The number of rotatable bonds is 9. The van der Waals surface area contributed by atoms with Crippen LogP contribution in [0.1, 0.15) is 41.2 Å². The third-order valence-electron chi connectivity index (χ3n) is 8.45. The first kappa shape index (κ1) is 28.6. The minimum absolute atomic E-state index is 0.0307. The minimum Gasteiger partial charge on any atom is -0.493 e. The molecule has 3 aromatic carbocycles. The van der Waals surface area contributed by atoms with Crippen molar-refractivity contribution >= 4 is 17.4 Å². The van der Waals surface area contributed by atoms with Crippen molar-refractivity contribution in [1.82, 2.24) is 15.1 Å². The molecule has 0 aromatic heterocycles. The van der Waals surface area contributed by atoms with Crippen LogP contribution in [0.15, 0.2) is 78.4 Å². The van der Waals surface area contributed by atoms with Crippen molar-refractivity contribution in [3.05, 3.63) is 106 Å². The molecule has 2 atom stereocenters. The molecular formula is C35H41N3O3. The van der Waals surface area contributed by atoms with Crippen molar-refractivity contribution in [2.75, 3.05) is 33.3 Å². The number of carbonyl (C=O) groups is 2. The maximum Gasteiger partial charge on any atom is 0.251 e. The van der Waals surface area contributed by atoms with Crippen LogP contribution in [0.5, 0.6) is 5.75 Å². The summed E-state index contributed by atoms with van der Waals surface area (Å²) in [4.78, 5) is 30.0. The van der Waals surface area contributed by atoms with Gasteiger partial charge in [0.25, 0.3) is 5.91 Å². The average molecular weight is 552 g/mol. The van der Waals surface area contributed by atoms with Crippen molar-refractivity contribution in [1.29, 1.82) is 0 Å². The first-order valence-electron chi connectivity index (χ1n) is 14.6. The predicted molar refractivity (Wildman–Crippen MR) is 164 cm³/mol. The van der Waals surface area contributed by atoms with E-state index >= 15 is 0 Å². The van der Waals surface area contributed by atoms with Crippen LogP contribution in [0.2, 0.25) is 0 Å². The quantitative estimate of drug-likeness (QED) is 0.408. The van der Waals surface area contributed by atoms with E-state index in [1.165, 1.54) is 22.3 Å². The summed E-state index contributed by atoms with van der Waals surface area (Å²) in [5, 5.41) is 3.64. The standard InChI is InChI=1S/C35H41N3O3/c1-24-10-15-31(20-25(24)2)41-19-17-28-11-13-29(14-12-28)32-21-30-22-38(26(3)39)23-33(36-30)34(32)35(40)37(4)18-16-27-8-6-5-7-9-27/h5-15,20,30,33,36H,16-19,21-23H2,1-4H3. The van der Waals surface area contributed by atoms with Crippen molar-refractivity contribution in [2.45, 2.75) is 52.1 Å². The van der Waals surface area contributed by atoms with Crippen molar-refractivity contribution in [3.63, 3.8) is 0 Å². The van der Waals surface area contributed by atoms with E-state index in [2.05, 4.69) is 67.7 Å². The number of nitrogens with zero attached hydrogens (tertiary/aromatic N) is 2. The number of hydrogen-bond acceptors (Lipinski definition) is 4. The van der Waals surface area contributed by atoms with Gasteiger partial charge in [-0.1, -0.05) is 60.7 Å². The summed E-state index contributed by atoms with van der Waals surface area (Å²) in [5.74, 6) is 0.986. The van der Waals surface area contributed by atoms with Gasteiger partial charge in [0, 0.05) is 51.6 Å². The molecule has 1 N–H and O–H groups in total. The second-order valence-electron chi connectivity index (χ2n) is 11.4. The van der Waals surface area contributed by atoms with Gasteiger partial charge in [-0.2, -0.15) is 0 Å². The zero-order valence-corrected chi connectivity index (χ0v) is 24.7. The van der Waals surface area contributed by atoms with Crippen LogP contribution in [0.25, 0.3) is 5.57 Å². The van der Waals surface area contributed by atoms with Gasteiger partial charge in [-0.05, 0) is 72.2 Å². The molecule has 0 aliphatic carbocycles. The largest absolute Gasteiger partial charge is 0.493 e. The van der Waals surface area contributed by atoms with E-state index in [1.807, 2.05) is 41.1 Å². The topological polar surface area (TPSA) is 61.9 Å². The van der Waals surface area contributed by atoms with Gasteiger partial charge in [-0.25, -0.2) is 0 Å². The number of carbonyl (C=O) groups excluding carboxylic acids is 2. The Balaban J connectivity index is 1.33. The summed E-state index contributed by atoms with van der Waals surface area (Å²) >= 11 is 0. The summed E-state index contributed by atoms with van der Waals surface area (Å²) in [7, 11) is 1.88. The Morgan fingerprint density at radius 1 is 0.927 bits per heavy atom. The third-order valence-corrected chi connectivity index (χ3v) is 8.45. The Labute approximate surface area is 244 Å². The lowest BCUT2D eigenvalue weighted by molar-refractivity contribution is -0.132. The number of benzene rings is 3. The lowest BCUT2D eigenvalue weighted by Crippen LogP contribution is -2.61.